The van der Waals surface area contributed by atoms with Gasteiger partial charge in [-0.05, 0) is 29.8 Å². The molecule has 5 heteroatoms. The molecule has 5 nitrogen and oxygen atoms in total. The number of nitrogens with one attached hydrogen (secondary N) is 2. The van der Waals surface area contributed by atoms with Crippen molar-refractivity contribution in [3.8, 4) is 5.75 Å². The monoisotopic (exact) mass is 383 g/mol. The molecule has 2 N–H and O–H groups in total. The molecule has 0 atom stereocenters. The minimum atomic E-state index is -0.209. The van der Waals surface area contributed by atoms with E-state index in [-0.39, 0.29) is 5.91 Å². The summed E-state index contributed by atoms with van der Waals surface area (Å²) < 4.78 is 5.44. The fourth-order valence-electron chi connectivity index (χ4n) is 3.14. The quantitative estimate of drug-likeness (QED) is 0.484. The topological polar surface area (TPSA) is 67.0 Å². The maximum Gasteiger partial charge on any atom is 0.255 e. The number of para-hydroxylation sites is 3. The summed E-state index contributed by atoms with van der Waals surface area (Å²) in [6.45, 7) is 0.434. The van der Waals surface area contributed by atoms with Crippen molar-refractivity contribution in [2.24, 2.45) is 0 Å². The zero-order chi connectivity index (χ0) is 20.1. The highest BCUT2D eigenvalue weighted by Gasteiger charge is 2.17. The van der Waals surface area contributed by atoms with E-state index in [2.05, 4.69) is 15.3 Å². The van der Waals surface area contributed by atoms with Gasteiger partial charge < -0.3 is 15.0 Å². The molecular weight excluding hydrogens is 362 g/mol. The Bertz CT molecular complexity index is 1130. The molecule has 0 aliphatic heterocycles. The molecule has 4 aromatic rings. The average Bonchev–Trinajstić information content (AvgIpc) is 3.20. The Kier molecular flexibility index (Phi) is 5.38. The van der Waals surface area contributed by atoms with E-state index >= 15 is 0 Å². The van der Waals surface area contributed by atoms with E-state index in [0.29, 0.717) is 23.7 Å². The lowest BCUT2D eigenvalue weighted by atomic mass is 10.1. The van der Waals surface area contributed by atoms with Crippen LogP contribution in [0.2, 0.25) is 0 Å². The summed E-state index contributed by atoms with van der Waals surface area (Å²) in [6, 6.07) is 25.1. The Morgan fingerprint density at radius 3 is 2.52 bits per heavy atom. The maximum atomic E-state index is 13.1. The van der Waals surface area contributed by atoms with Crippen molar-refractivity contribution < 1.29 is 9.53 Å². The summed E-state index contributed by atoms with van der Waals surface area (Å²) in [7, 11) is 1.61. The number of aromatic amines is 1. The predicted molar refractivity (Wildman–Crippen MR) is 115 cm³/mol. The Balaban J connectivity index is 1.72. The van der Waals surface area contributed by atoms with Crippen LogP contribution >= 0.6 is 0 Å². The number of nitrogens with zero attached hydrogens (tertiary/aromatic N) is 1. The lowest BCUT2D eigenvalue weighted by Crippen LogP contribution is -2.24. The second-order valence-electron chi connectivity index (χ2n) is 6.57. The number of amides is 1. The molecule has 1 heterocycles. The number of rotatable bonds is 6. The third-order valence-electron chi connectivity index (χ3n) is 4.62. The van der Waals surface area contributed by atoms with Gasteiger partial charge in [-0.25, -0.2) is 4.98 Å². The van der Waals surface area contributed by atoms with Crippen LogP contribution in [0.5, 0.6) is 5.75 Å². The summed E-state index contributed by atoms with van der Waals surface area (Å²) in [5, 5.41) is 2.99. The molecule has 0 spiro atoms. The molecule has 4 rings (SSSR count). The molecule has 144 valence electrons. The van der Waals surface area contributed by atoms with Crippen molar-refractivity contribution in [2.75, 3.05) is 7.11 Å². The number of fused-ring (bicyclic) bond motifs is 1. The molecule has 1 amide bonds. The summed E-state index contributed by atoms with van der Waals surface area (Å²) in [5.41, 5.74) is 3.97. The first-order valence-electron chi connectivity index (χ1n) is 9.36. The van der Waals surface area contributed by atoms with E-state index in [0.717, 1.165) is 22.2 Å². The van der Waals surface area contributed by atoms with Gasteiger partial charge in [-0.1, -0.05) is 60.7 Å². The molecule has 29 heavy (non-hydrogen) atoms. The fourth-order valence-corrected chi connectivity index (χ4v) is 3.14. The first-order valence-corrected chi connectivity index (χ1v) is 9.36. The second kappa shape index (κ2) is 8.44. The number of hydrogen-bond acceptors (Lipinski definition) is 3. The van der Waals surface area contributed by atoms with E-state index in [1.165, 1.54) is 0 Å². The largest absolute Gasteiger partial charge is 0.496 e. The number of methoxy groups -OCH3 is 1. The average molecular weight is 383 g/mol. The number of carbonyl (C=O) groups is 1. The highest BCUT2D eigenvalue weighted by Crippen LogP contribution is 2.25. The molecule has 0 bridgehead atoms. The van der Waals surface area contributed by atoms with Gasteiger partial charge in [0, 0.05) is 12.1 Å². The van der Waals surface area contributed by atoms with Crippen LogP contribution in [0, 0.1) is 0 Å². The van der Waals surface area contributed by atoms with E-state index in [1.807, 2.05) is 78.9 Å². The molecule has 0 saturated heterocycles. The number of aromatic nitrogens is 2. The lowest BCUT2D eigenvalue weighted by Gasteiger charge is -2.09. The Hall–Kier alpha value is -3.86. The number of carbonyl (C=O) groups excluding carboxylic acids is 1. The molecule has 3 aromatic carbocycles. The van der Waals surface area contributed by atoms with Crippen molar-refractivity contribution in [2.45, 2.75) is 6.54 Å². The fraction of sp³-hybridized carbons (Fsp3) is 0.0833. The minimum Gasteiger partial charge on any atom is -0.496 e. The van der Waals surface area contributed by atoms with Gasteiger partial charge in [0.25, 0.3) is 5.91 Å². The molecule has 0 unspecified atom stereocenters. The standard InChI is InChI=1S/C24H21N3O2/c1-29-22-14-8-5-11-18(22)15-19(23-26-20-12-6-7-13-21(20)27-23)24(28)25-16-17-9-3-2-4-10-17/h2-15H,16H2,1H3,(H,25,28)(H,26,27). The van der Waals surface area contributed by atoms with Gasteiger partial charge in [-0.3, -0.25) is 4.79 Å². The van der Waals surface area contributed by atoms with Gasteiger partial charge in [0.05, 0.1) is 23.7 Å². The van der Waals surface area contributed by atoms with Crippen LogP contribution in [-0.4, -0.2) is 23.0 Å². The third-order valence-corrected chi connectivity index (χ3v) is 4.62. The number of benzene rings is 3. The number of ether oxygens (including phenoxy) is 1. The normalized spacial score (nSPS) is 11.4. The number of hydrogen-bond donors (Lipinski definition) is 2. The Morgan fingerprint density at radius 2 is 1.72 bits per heavy atom. The zero-order valence-corrected chi connectivity index (χ0v) is 16.1. The smallest absolute Gasteiger partial charge is 0.255 e. The first kappa shape index (κ1) is 18.5. The van der Waals surface area contributed by atoms with E-state index < -0.39 is 0 Å². The number of imidazole rings is 1. The molecule has 0 saturated carbocycles. The van der Waals surface area contributed by atoms with Gasteiger partial charge in [0.15, 0.2) is 0 Å². The first-order chi connectivity index (χ1) is 14.2. The lowest BCUT2D eigenvalue weighted by molar-refractivity contribution is -0.115. The van der Waals surface area contributed by atoms with Gasteiger partial charge in [0.2, 0.25) is 0 Å². The van der Waals surface area contributed by atoms with Crippen LogP contribution in [0.3, 0.4) is 0 Å². The third kappa shape index (κ3) is 4.19. The highest BCUT2D eigenvalue weighted by atomic mass is 16.5. The zero-order valence-electron chi connectivity index (χ0n) is 16.1. The van der Waals surface area contributed by atoms with Crippen molar-refractivity contribution in [3.63, 3.8) is 0 Å². The van der Waals surface area contributed by atoms with Crippen LogP contribution in [0.1, 0.15) is 17.0 Å². The van der Waals surface area contributed by atoms with Gasteiger partial charge >= 0.3 is 0 Å². The van der Waals surface area contributed by atoms with E-state index in [4.69, 9.17) is 4.74 Å². The SMILES string of the molecule is COc1ccccc1C=C(C(=O)NCc1ccccc1)c1nc2ccccc2[nH]1. The molecular formula is C24H21N3O2. The van der Waals surface area contributed by atoms with Gasteiger partial charge in [-0.15, -0.1) is 0 Å². The van der Waals surface area contributed by atoms with Crippen molar-refractivity contribution in [3.05, 3.63) is 95.8 Å². The summed E-state index contributed by atoms with van der Waals surface area (Å²) in [4.78, 5) is 21.0. The molecule has 0 radical (unpaired) electrons. The summed E-state index contributed by atoms with van der Waals surface area (Å²) in [6.07, 6.45) is 1.80. The van der Waals surface area contributed by atoms with Crippen molar-refractivity contribution >= 4 is 28.6 Å². The molecule has 0 aliphatic rings. The summed E-state index contributed by atoms with van der Waals surface area (Å²) >= 11 is 0. The predicted octanol–water partition coefficient (Wildman–Crippen LogP) is 4.43. The van der Waals surface area contributed by atoms with Crippen LogP contribution in [0.4, 0.5) is 0 Å². The van der Waals surface area contributed by atoms with Crippen LogP contribution in [0.25, 0.3) is 22.7 Å². The van der Waals surface area contributed by atoms with Crippen molar-refractivity contribution in [1.29, 1.82) is 0 Å². The highest BCUT2D eigenvalue weighted by molar-refractivity contribution is 6.23. The van der Waals surface area contributed by atoms with Crippen molar-refractivity contribution in [1.82, 2.24) is 15.3 Å². The molecule has 1 aromatic heterocycles. The van der Waals surface area contributed by atoms with Crippen LogP contribution in [-0.2, 0) is 11.3 Å². The molecule has 0 fully saturated rings. The van der Waals surface area contributed by atoms with E-state index in [9.17, 15) is 4.79 Å². The molecule has 0 aliphatic carbocycles. The Labute approximate surface area is 169 Å². The minimum absolute atomic E-state index is 0.209. The van der Waals surface area contributed by atoms with Crippen LogP contribution < -0.4 is 10.1 Å². The van der Waals surface area contributed by atoms with Crippen LogP contribution in [0.15, 0.2) is 78.9 Å². The van der Waals surface area contributed by atoms with E-state index in [1.54, 1.807) is 13.2 Å². The maximum absolute atomic E-state index is 13.1. The van der Waals surface area contributed by atoms with Gasteiger partial charge in [0.1, 0.15) is 11.6 Å². The Morgan fingerprint density at radius 1 is 1.00 bits per heavy atom. The van der Waals surface area contributed by atoms with Gasteiger partial charge in [-0.2, -0.15) is 0 Å². The summed E-state index contributed by atoms with van der Waals surface area (Å²) in [5.74, 6) is 0.999. The number of H-pyrrole nitrogens is 1. The second-order valence-corrected chi connectivity index (χ2v) is 6.57.